The molecule has 1 aromatic rings. The third-order valence-electron chi connectivity index (χ3n) is 3.10. The lowest BCUT2D eigenvalue weighted by atomic mass is 10.0. The number of rotatable bonds is 3. The number of hydrogen-bond acceptors (Lipinski definition) is 4. The van der Waals surface area contributed by atoms with E-state index < -0.39 is 5.60 Å². The molecule has 2 rings (SSSR count). The first kappa shape index (κ1) is 11.3. The normalized spacial score (nSPS) is 18.7. The van der Waals surface area contributed by atoms with Gasteiger partial charge in [0.15, 0.2) is 0 Å². The molecular weight excluding hydrogens is 202 g/mol. The van der Waals surface area contributed by atoms with Gasteiger partial charge in [0.25, 0.3) is 0 Å². The zero-order chi connectivity index (χ0) is 11.6. The molecule has 0 atom stereocenters. The third-order valence-corrected chi connectivity index (χ3v) is 3.10. The monoisotopic (exact) mass is 221 g/mol. The average molecular weight is 221 g/mol. The highest BCUT2D eigenvalue weighted by Gasteiger charge is 2.30. The minimum atomic E-state index is -0.535. The summed E-state index contributed by atoms with van der Waals surface area (Å²) in [7, 11) is 0. The molecule has 1 aliphatic rings. The smallest absolute Gasteiger partial charge is 0.130 e. The zero-order valence-electron chi connectivity index (χ0n) is 9.95. The van der Waals surface area contributed by atoms with Crippen LogP contribution in [0, 0.1) is 13.8 Å². The number of anilines is 1. The zero-order valence-corrected chi connectivity index (χ0v) is 9.95. The Kier molecular flexibility index (Phi) is 3.10. The molecule has 1 fully saturated rings. The summed E-state index contributed by atoms with van der Waals surface area (Å²) in [5.41, 5.74) is 0.417. The highest BCUT2D eigenvalue weighted by Crippen LogP contribution is 2.29. The van der Waals surface area contributed by atoms with Crippen LogP contribution in [-0.2, 0) is 0 Å². The maximum absolute atomic E-state index is 10.2. The van der Waals surface area contributed by atoms with Crippen molar-refractivity contribution in [3.63, 3.8) is 0 Å². The first-order valence-electron chi connectivity index (χ1n) is 5.86. The molecule has 4 nitrogen and oxygen atoms in total. The van der Waals surface area contributed by atoms with E-state index in [9.17, 15) is 5.11 Å². The molecule has 1 aromatic heterocycles. The summed E-state index contributed by atoms with van der Waals surface area (Å²) in [6.45, 7) is 4.41. The van der Waals surface area contributed by atoms with Gasteiger partial charge in [-0.2, -0.15) is 0 Å². The Bertz CT molecular complexity index is 352. The summed E-state index contributed by atoms with van der Waals surface area (Å²) < 4.78 is 0. The van der Waals surface area contributed by atoms with Crippen molar-refractivity contribution in [1.29, 1.82) is 0 Å². The van der Waals surface area contributed by atoms with Gasteiger partial charge in [-0.1, -0.05) is 12.8 Å². The molecule has 0 aliphatic heterocycles. The lowest BCUT2D eigenvalue weighted by Crippen LogP contribution is -2.33. The van der Waals surface area contributed by atoms with E-state index in [1.165, 1.54) is 0 Å². The Labute approximate surface area is 96.1 Å². The van der Waals surface area contributed by atoms with Crippen LogP contribution in [0.2, 0.25) is 0 Å². The molecule has 0 bridgehead atoms. The summed E-state index contributed by atoms with van der Waals surface area (Å²) in [6, 6.07) is 1.91. The first-order valence-corrected chi connectivity index (χ1v) is 5.86. The average Bonchev–Trinajstić information content (AvgIpc) is 2.62. The van der Waals surface area contributed by atoms with Crippen LogP contribution in [0.4, 0.5) is 5.82 Å². The van der Waals surface area contributed by atoms with Crippen LogP contribution in [0.5, 0.6) is 0 Å². The first-order chi connectivity index (χ1) is 7.57. The van der Waals surface area contributed by atoms with Gasteiger partial charge >= 0.3 is 0 Å². The third kappa shape index (κ3) is 2.70. The lowest BCUT2D eigenvalue weighted by molar-refractivity contribution is 0.0614. The topological polar surface area (TPSA) is 58.0 Å². The second-order valence-corrected chi connectivity index (χ2v) is 4.73. The highest BCUT2D eigenvalue weighted by atomic mass is 16.3. The van der Waals surface area contributed by atoms with Crippen molar-refractivity contribution >= 4 is 5.82 Å². The van der Waals surface area contributed by atoms with Gasteiger partial charge in [0, 0.05) is 18.3 Å². The quantitative estimate of drug-likeness (QED) is 0.817. The van der Waals surface area contributed by atoms with Crippen LogP contribution >= 0.6 is 0 Å². The predicted octanol–water partition coefficient (Wildman–Crippen LogP) is 1.81. The van der Waals surface area contributed by atoms with Gasteiger partial charge in [0.05, 0.1) is 5.60 Å². The molecular formula is C12H19N3O. The van der Waals surface area contributed by atoms with Crippen molar-refractivity contribution in [3.05, 3.63) is 17.6 Å². The number of aliphatic hydroxyl groups is 1. The Hall–Kier alpha value is -1.16. The number of hydrogen-bond donors (Lipinski definition) is 2. The second-order valence-electron chi connectivity index (χ2n) is 4.73. The largest absolute Gasteiger partial charge is 0.388 e. The predicted molar refractivity (Wildman–Crippen MR) is 63.4 cm³/mol. The molecule has 16 heavy (non-hydrogen) atoms. The molecule has 1 aliphatic carbocycles. The molecule has 0 aromatic carbocycles. The van der Waals surface area contributed by atoms with Gasteiger partial charge in [0.2, 0.25) is 0 Å². The molecule has 0 amide bonds. The van der Waals surface area contributed by atoms with E-state index in [-0.39, 0.29) is 0 Å². The van der Waals surface area contributed by atoms with E-state index in [1.54, 1.807) is 0 Å². The van der Waals surface area contributed by atoms with E-state index in [4.69, 9.17) is 0 Å². The van der Waals surface area contributed by atoms with Crippen LogP contribution in [0.15, 0.2) is 6.07 Å². The molecule has 0 spiro atoms. The van der Waals surface area contributed by atoms with Crippen LogP contribution in [0.25, 0.3) is 0 Å². The summed E-state index contributed by atoms with van der Waals surface area (Å²) >= 11 is 0. The van der Waals surface area contributed by atoms with Crippen LogP contribution < -0.4 is 5.32 Å². The SMILES string of the molecule is Cc1cc(NCC2(O)CCCC2)nc(C)n1. The van der Waals surface area contributed by atoms with E-state index >= 15 is 0 Å². The van der Waals surface area contributed by atoms with Crippen molar-refractivity contribution in [1.82, 2.24) is 9.97 Å². The van der Waals surface area contributed by atoms with Gasteiger partial charge < -0.3 is 10.4 Å². The van der Waals surface area contributed by atoms with E-state index in [0.717, 1.165) is 43.0 Å². The van der Waals surface area contributed by atoms with Crippen LogP contribution in [0.1, 0.15) is 37.2 Å². The Morgan fingerprint density at radius 2 is 2.00 bits per heavy atom. The number of aromatic nitrogens is 2. The van der Waals surface area contributed by atoms with Crippen LogP contribution in [0.3, 0.4) is 0 Å². The summed E-state index contributed by atoms with van der Waals surface area (Å²) in [4.78, 5) is 8.51. The number of aryl methyl sites for hydroxylation is 2. The van der Waals surface area contributed by atoms with E-state index in [1.807, 2.05) is 19.9 Å². The molecule has 2 N–H and O–H groups in total. The van der Waals surface area contributed by atoms with Gasteiger partial charge in [-0.05, 0) is 26.7 Å². The van der Waals surface area contributed by atoms with Crippen molar-refractivity contribution < 1.29 is 5.11 Å². The van der Waals surface area contributed by atoms with Crippen molar-refractivity contribution in [2.24, 2.45) is 0 Å². The molecule has 1 saturated carbocycles. The maximum atomic E-state index is 10.2. The second kappa shape index (κ2) is 4.37. The summed E-state index contributed by atoms with van der Waals surface area (Å²) in [5.74, 6) is 1.58. The van der Waals surface area contributed by atoms with Gasteiger partial charge in [-0.15, -0.1) is 0 Å². The van der Waals surface area contributed by atoms with E-state index in [2.05, 4.69) is 15.3 Å². The fraction of sp³-hybridized carbons (Fsp3) is 0.667. The van der Waals surface area contributed by atoms with Crippen molar-refractivity contribution in [2.75, 3.05) is 11.9 Å². The van der Waals surface area contributed by atoms with Gasteiger partial charge in [-0.25, -0.2) is 9.97 Å². The Morgan fingerprint density at radius 3 is 2.62 bits per heavy atom. The minimum absolute atomic E-state index is 0.535. The lowest BCUT2D eigenvalue weighted by Gasteiger charge is -2.22. The molecule has 0 radical (unpaired) electrons. The van der Waals surface area contributed by atoms with E-state index in [0.29, 0.717) is 6.54 Å². The molecule has 0 unspecified atom stereocenters. The van der Waals surface area contributed by atoms with Gasteiger partial charge in [-0.3, -0.25) is 0 Å². The molecule has 1 heterocycles. The fourth-order valence-corrected chi connectivity index (χ4v) is 2.27. The minimum Gasteiger partial charge on any atom is -0.388 e. The summed E-state index contributed by atoms with van der Waals surface area (Å²) in [6.07, 6.45) is 4.03. The standard InChI is InChI=1S/C12H19N3O/c1-9-7-11(15-10(2)14-9)13-8-12(16)5-3-4-6-12/h7,16H,3-6,8H2,1-2H3,(H,13,14,15). The maximum Gasteiger partial charge on any atom is 0.130 e. The van der Waals surface area contributed by atoms with Gasteiger partial charge in [0.1, 0.15) is 11.6 Å². The Morgan fingerprint density at radius 1 is 1.31 bits per heavy atom. The van der Waals surface area contributed by atoms with Crippen LogP contribution in [-0.4, -0.2) is 27.2 Å². The van der Waals surface area contributed by atoms with Crippen molar-refractivity contribution in [2.45, 2.75) is 45.1 Å². The van der Waals surface area contributed by atoms with Crippen molar-refractivity contribution in [3.8, 4) is 0 Å². The molecule has 88 valence electrons. The molecule has 4 heteroatoms. The molecule has 0 saturated heterocycles. The fourth-order valence-electron chi connectivity index (χ4n) is 2.27. The Balaban J connectivity index is 1.98. The number of nitrogens with zero attached hydrogens (tertiary/aromatic N) is 2. The number of nitrogens with one attached hydrogen (secondary N) is 1. The highest BCUT2D eigenvalue weighted by molar-refractivity contribution is 5.36. The summed E-state index contributed by atoms with van der Waals surface area (Å²) in [5, 5.41) is 13.4.